The summed E-state index contributed by atoms with van der Waals surface area (Å²) in [6, 6.07) is 7.26. The number of imidazole rings is 1. The fourth-order valence-electron chi connectivity index (χ4n) is 1.94. The van der Waals surface area contributed by atoms with Crippen molar-refractivity contribution in [1.29, 1.82) is 0 Å². The summed E-state index contributed by atoms with van der Waals surface area (Å²) in [5, 5.41) is 2.75. The molecule has 6 nitrogen and oxygen atoms in total. The molecule has 1 unspecified atom stereocenters. The molecule has 1 aromatic heterocycles. The lowest BCUT2D eigenvalue weighted by Gasteiger charge is -2.08. The van der Waals surface area contributed by atoms with Crippen molar-refractivity contribution in [2.45, 2.75) is 13.0 Å². The Labute approximate surface area is 116 Å². The SMILES string of the molecule is CC(N)c1ccc(NC(=O)c2cn(C)c(=O)n2C)cc1. The minimum absolute atomic E-state index is 0.0466. The molecule has 20 heavy (non-hydrogen) atoms. The van der Waals surface area contributed by atoms with E-state index in [1.54, 1.807) is 26.2 Å². The number of hydrogen-bond acceptors (Lipinski definition) is 3. The summed E-state index contributed by atoms with van der Waals surface area (Å²) in [6.45, 7) is 1.90. The van der Waals surface area contributed by atoms with Gasteiger partial charge in [-0.3, -0.25) is 9.36 Å². The minimum Gasteiger partial charge on any atom is -0.324 e. The van der Waals surface area contributed by atoms with Gasteiger partial charge in [0.1, 0.15) is 5.69 Å². The number of carbonyl (C=O) groups excluding carboxylic acids is 1. The molecular formula is C14H18N4O2. The minimum atomic E-state index is -0.321. The van der Waals surface area contributed by atoms with Gasteiger partial charge in [-0.15, -0.1) is 0 Å². The van der Waals surface area contributed by atoms with Gasteiger partial charge in [-0.1, -0.05) is 12.1 Å². The second-order valence-electron chi connectivity index (χ2n) is 4.83. The van der Waals surface area contributed by atoms with Gasteiger partial charge in [0.2, 0.25) is 0 Å². The lowest BCUT2D eigenvalue weighted by atomic mass is 10.1. The molecule has 1 atom stereocenters. The molecule has 0 fully saturated rings. The molecule has 0 saturated carbocycles. The van der Waals surface area contributed by atoms with Gasteiger partial charge in [-0.05, 0) is 24.6 Å². The molecule has 0 aliphatic carbocycles. The summed E-state index contributed by atoms with van der Waals surface area (Å²) in [5.41, 5.74) is 7.51. The maximum atomic E-state index is 12.1. The summed E-state index contributed by atoms with van der Waals surface area (Å²) in [6.07, 6.45) is 1.51. The number of hydrogen-bond donors (Lipinski definition) is 2. The highest BCUT2D eigenvalue weighted by Gasteiger charge is 2.13. The Balaban J connectivity index is 2.19. The summed E-state index contributed by atoms with van der Waals surface area (Å²) in [4.78, 5) is 23.7. The predicted octanol–water partition coefficient (Wildman–Crippen LogP) is 0.996. The third kappa shape index (κ3) is 2.65. The number of amides is 1. The molecule has 0 aliphatic rings. The number of benzene rings is 1. The van der Waals surface area contributed by atoms with Gasteiger partial charge in [0.05, 0.1) is 0 Å². The van der Waals surface area contributed by atoms with Crippen molar-refractivity contribution in [2.24, 2.45) is 19.8 Å². The normalized spacial score (nSPS) is 12.2. The van der Waals surface area contributed by atoms with Crippen LogP contribution in [0.1, 0.15) is 29.0 Å². The Morgan fingerprint density at radius 1 is 1.25 bits per heavy atom. The third-order valence-corrected chi connectivity index (χ3v) is 3.19. The van der Waals surface area contributed by atoms with E-state index in [0.717, 1.165) is 5.56 Å². The molecule has 3 N–H and O–H groups in total. The van der Waals surface area contributed by atoms with E-state index in [2.05, 4.69) is 5.32 Å². The quantitative estimate of drug-likeness (QED) is 0.876. The second kappa shape index (κ2) is 5.34. The summed E-state index contributed by atoms with van der Waals surface area (Å²) >= 11 is 0. The molecule has 6 heteroatoms. The zero-order chi connectivity index (χ0) is 14.9. The number of anilines is 1. The molecule has 0 bridgehead atoms. The summed E-state index contributed by atoms with van der Waals surface area (Å²) in [7, 11) is 3.17. The third-order valence-electron chi connectivity index (χ3n) is 3.19. The van der Waals surface area contributed by atoms with Crippen molar-refractivity contribution < 1.29 is 4.79 Å². The Kier molecular flexibility index (Phi) is 3.76. The Morgan fingerprint density at radius 2 is 1.85 bits per heavy atom. The van der Waals surface area contributed by atoms with Gasteiger partial charge in [0.15, 0.2) is 0 Å². The summed E-state index contributed by atoms with van der Waals surface area (Å²) < 4.78 is 2.68. The van der Waals surface area contributed by atoms with Crippen molar-refractivity contribution in [3.05, 3.63) is 52.2 Å². The van der Waals surface area contributed by atoms with E-state index in [1.165, 1.54) is 15.3 Å². The van der Waals surface area contributed by atoms with Gasteiger partial charge in [-0.2, -0.15) is 0 Å². The number of nitrogens with one attached hydrogen (secondary N) is 1. The number of rotatable bonds is 3. The molecule has 1 amide bonds. The number of carbonyl (C=O) groups is 1. The van der Waals surface area contributed by atoms with Gasteiger partial charge in [0, 0.05) is 32.0 Å². The second-order valence-corrected chi connectivity index (χ2v) is 4.83. The maximum absolute atomic E-state index is 12.1. The highest BCUT2D eigenvalue weighted by atomic mass is 16.2. The smallest absolute Gasteiger partial charge is 0.324 e. The lowest BCUT2D eigenvalue weighted by molar-refractivity contribution is 0.101. The van der Waals surface area contributed by atoms with Crippen LogP contribution in [-0.2, 0) is 14.1 Å². The van der Waals surface area contributed by atoms with E-state index < -0.39 is 0 Å². The van der Waals surface area contributed by atoms with Crippen LogP contribution in [0.4, 0.5) is 5.69 Å². The number of nitrogens with zero attached hydrogens (tertiary/aromatic N) is 2. The average Bonchev–Trinajstić information content (AvgIpc) is 2.67. The van der Waals surface area contributed by atoms with Crippen LogP contribution in [0.3, 0.4) is 0 Å². The highest BCUT2D eigenvalue weighted by molar-refractivity contribution is 6.02. The van der Waals surface area contributed by atoms with Gasteiger partial charge in [0.25, 0.3) is 5.91 Å². The molecule has 106 valence electrons. The molecule has 1 heterocycles. The average molecular weight is 274 g/mol. The van der Waals surface area contributed by atoms with Crippen LogP contribution in [0.15, 0.2) is 35.3 Å². The molecule has 0 radical (unpaired) electrons. The molecule has 0 spiro atoms. The van der Waals surface area contributed by atoms with Crippen LogP contribution >= 0.6 is 0 Å². The van der Waals surface area contributed by atoms with Gasteiger partial charge in [-0.25, -0.2) is 4.79 Å². The van der Waals surface area contributed by atoms with Crippen LogP contribution in [0.2, 0.25) is 0 Å². The van der Waals surface area contributed by atoms with Crippen LogP contribution in [0.5, 0.6) is 0 Å². The first kappa shape index (κ1) is 14.1. The van der Waals surface area contributed by atoms with E-state index in [1.807, 2.05) is 19.1 Å². The standard InChI is InChI=1S/C14H18N4O2/c1-9(15)10-4-6-11(7-5-10)16-13(19)12-8-17(2)14(20)18(12)3/h4-9H,15H2,1-3H3,(H,16,19). The lowest BCUT2D eigenvalue weighted by Crippen LogP contribution is -2.23. The van der Waals surface area contributed by atoms with Crippen LogP contribution < -0.4 is 16.7 Å². The van der Waals surface area contributed by atoms with Crippen molar-refractivity contribution in [3.63, 3.8) is 0 Å². The fraction of sp³-hybridized carbons (Fsp3) is 0.286. The topological polar surface area (TPSA) is 82.1 Å². The molecular weight excluding hydrogens is 256 g/mol. The monoisotopic (exact) mass is 274 g/mol. The largest absolute Gasteiger partial charge is 0.328 e. The zero-order valence-corrected chi connectivity index (χ0v) is 11.8. The first-order valence-corrected chi connectivity index (χ1v) is 6.29. The van der Waals surface area contributed by atoms with Crippen LogP contribution in [0.25, 0.3) is 0 Å². The van der Waals surface area contributed by atoms with Gasteiger partial charge >= 0.3 is 5.69 Å². The molecule has 2 rings (SSSR count). The maximum Gasteiger partial charge on any atom is 0.328 e. The van der Waals surface area contributed by atoms with Crippen molar-refractivity contribution in [1.82, 2.24) is 9.13 Å². The van der Waals surface area contributed by atoms with Crippen molar-refractivity contribution in [3.8, 4) is 0 Å². The molecule has 2 aromatic rings. The van der Waals surface area contributed by atoms with E-state index in [4.69, 9.17) is 5.73 Å². The fourth-order valence-corrected chi connectivity index (χ4v) is 1.94. The van der Waals surface area contributed by atoms with Crippen molar-refractivity contribution in [2.75, 3.05) is 5.32 Å². The Bertz CT molecular complexity index is 680. The number of aromatic nitrogens is 2. The zero-order valence-electron chi connectivity index (χ0n) is 11.8. The summed E-state index contributed by atoms with van der Waals surface area (Å²) in [5.74, 6) is -0.321. The van der Waals surface area contributed by atoms with Crippen molar-refractivity contribution >= 4 is 11.6 Å². The van der Waals surface area contributed by atoms with E-state index in [0.29, 0.717) is 11.4 Å². The molecule has 0 aliphatic heterocycles. The van der Waals surface area contributed by atoms with E-state index >= 15 is 0 Å². The van der Waals surface area contributed by atoms with E-state index in [-0.39, 0.29) is 17.6 Å². The Morgan fingerprint density at radius 3 is 2.30 bits per heavy atom. The first-order valence-electron chi connectivity index (χ1n) is 6.29. The Hall–Kier alpha value is -2.34. The predicted molar refractivity (Wildman–Crippen MR) is 77.7 cm³/mol. The molecule has 0 saturated heterocycles. The van der Waals surface area contributed by atoms with Gasteiger partial charge < -0.3 is 15.6 Å². The van der Waals surface area contributed by atoms with E-state index in [9.17, 15) is 9.59 Å². The van der Waals surface area contributed by atoms with Crippen LogP contribution in [0, 0.1) is 0 Å². The number of nitrogens with two attached hydrogens (primary N) is 1. The van der Waals surface area contributed by atoms with Crippen LogP contribution in [-0.4, -0.2) is 15.0 Å². The number of aryl methyl sites for hydroxylation is 1. The first-order chi connectivity index (χ1) is 9.40. The molecule has 1 aromatic carbocycles. The highest BCUT2D eigenvalue weighted by Crippen LogP contribution is 2.14.